The molecule has 0 radical (unpaired) electrons. The van der Waals surface area contributed by atoms with E-state index in [-0.39, 0.29) is 36.8 Å². The van der Waals surface area contributed by atoms with Crippen molar-refractivity contribution in [2.24, 2.45) is 0 Å². The van der Waals surface area contributed by atoms with Crippen LogP contribution >= 0.6 is 0 Å². The van der Waals surface area contributed by atoms with Crippen LogP contribution in [-0.4, -0.2) is 72.6 Å². The fraction of sp³-hybridized carbons (Fsp3) is 0.345. The number of ketones is 1. The minimum absolute atomic E-state index is 0.137. The highest BCUT2D eigenvalue weighted by atomic mass is 19.1. The number of alkyl halides is 1. The number of likely N-dealkylation sites (tertiary alicyclic amines) is 1. The second-order valence-electron chi connectivity index (χ2n) is 9.95. The quantitative estimate of drug-likeness (QED) is 0.324. The van der Waals surface area contributed by atoms with Gasteiger partial charge in [-0.25, -0.2) is 14.4 Å². The first-order chi connectivity index (χ1) is 19.6. The topological polar surface area (TPSA) is 132 Å². The number of carbonyl (C=O) groups excluding carboxylic acids is 3. The van der Waals surface area contributed by atoms with Gasteiger partial charge in [0.1, 0.15) is 36.1 Å². The molecule has 212 valence electrons. The van der Waals surface area contributed by atoms with Gasteiger partial charge in [0.25, 0.3) is 0 Å². The average molecular weight is 560 g/mol. The monoisotopic (exact) mass is 559 g/mol. The molecule has 0 aliphatic carbocycles. The Kier molecular flexibility index (Phi) is 7.73. The first-order valence-corrected chi connectivity index (χ1v) is 13.3. The zero-order chi connectivity index (χ0) is 29.3. The summed E-state index contributed by atoms with van der Waals surface area (Å²) in [6, 6.07) is 7.83. The molecule has 2 amide bonds. The van der Waals surface area contributed by atoms with Crippen LogP contribution in [0.4, 0.5) is 10.2 Å². The van der Waals surface area contributed by atoms with E-state index in [1.807, 2.05) is 19.1 Å². The SMILES string of the molecule is CCOc1ccc(C)c(NC(=O)[C@@H]2C[C@@H](F)CN2C(=O)Cn2nc(C(C)=O)c3cc(-c4cnc(C)nc4)ccc32)n1. The second kappa shape index (κ2) is 11.4. The number of benzene rings is 1. The number of hydrogen-bond acceptors (Lipinski definition) is 8. The third kappa shape index (κ3) is 5.76. The molecule has 2 atom stereocenters. The van der Waals surface area contributed by atoms with Crippen LogP contribution in [0, 0.1) is 13.8 Å². The molecule has 1 fully saturated rings. The predicted octanol–water partition coefficient (Wildman–Crippen LogP) is 3.68. The van der Waals surface area contributed by atoms with Crippen molar-refractivity contribution < 1.29 is 23.5 Å². The lowest BCUT2D eigenvalue weighted by atomic mass is 10.0. The number of aryl methyl sites for hydroxylation is 2. The minimum atomic E-state index is -1.36. The maximum atomic E-state index is 14.6. The summed E-state index contributed by atoms with van der Waals surface area (Å²) >= 11 is 0. The molecule has 11 nitrogen and oxygen atoms in total. The number of pyridine rings is 1. The maximum absolute atomic E-state index is 14.6. The second-order valence-corrected chi connectivity index (χ2v) is 9.95. The summed E-state index contributed by atoms with van der Waals surface area (Å²) in [5.74, 6) is -0.0232. The maximum Gasteiger partial charge on any atom is 0.248 e. The average Bonchev–Trinajstić information content (AvgIpc) is 3.51. The lowest BCUT2D eigenvalue weighted by molar-refractivity contribution is -0.137. The van der Waals surface area contributed by atoms with Crippen LogP contribution in [0.2, 0.25) is 0 Å². The van der Waals surface area contributed by atoms with Crippen molar-refractivity contribution in [3.05, 3.63) is 59.8 Å². The van der Waals surface area contributed by atoms with Gasteiger partial charge in [-0.2, -0.15) is 10.1 Å². The molecule has 0 unspecified atom stereocenters. The Bertz CT molecular complexity index is 1640. The molecule has 1 saturated heterocycles. The molecule has 1 aliphatic heterocycles. The van der Waals surface area contributed by atoms with E-state index in [0.29, 0.717) is 34.8 Å². The smallest absolute Gasteiger partial charge is 0.248 e. The number of halogens is 1. The lowest BCUT2D eigenvalue weighted by Crippen LogP contribution is -2.44. The highest BCUT2D eigenvalue weighted by molar-refractivity contribution is 6.06. The summed E-state index contributed by atoms with van der Waals surface area (Å²) in [6.45, 7) is 6.71. The van der Waals surface area contributed by atoms with E-state index in [1.165, 1.54) is 16.5 Å². The van der Waals surface area contributed by atoms with Gasteiger partial charge in [0.05, 0.1) is 18.7 Å². The molecule has 41 heavy (non-hydrogen) atoms. The van der Waals surface area contributed by atoms with Crippen LogP contribution in [0.15, 0.2) is 42.7 Å². The van der Waals surface area contributed by atoms with Gasteiger partial charge in [-0.05, 0) is 44.0 Å². The molecule has 1 aromatic carbocycles. The summed E-state index contributed by atoms with van der Waals surface area (Å²) in [5.41, 5.74) is 3.03. The number of nitrogens with zero attached hydrogens (tertiary/aromatic N) is 6. The number of fused-ring (bicyclic) bond motifs is 1. The number of nitrogens with one attached hydrogen (secondary N) is 1. The van der Waals surface area contributed by atoms with Crippen LogP contribution < -0.4 is 10.1 Å². The van der Waals surface area contributed by atoms with Gasteiger partial charge in [0, 0.05) is 42.8 Å². The Hall–Kier alpha value is -4.74. The first-order valence-electron chi connectivity index (χ1n) is 13.3. The standard InChI is InChI=1S/C29H30FN7O4/c1-5-41-25-9-6-16(2)28(33-25)34-29(40)24-11-21(30)14-36(24)26(39)15-37-23-8-7-19(20-12-31-18(4)32-13-20)10-22(23)27(35-37)17(3)38/h6-10,12-13,21,24H,5,11,14-15H2,1-4H3,(H,33,34,40)/t21-,24+/m1/s1. The van der Waals surface area contributed by atoms with Gasteiger partial charge in [-0.15, -0.1) is 0 Å². The van der Waals surface area contributed by atoms with Gasteiger partial charge >= 0.3 is 0 Å². The van der Waals surface area contributed by atoms with Crippen molar-refractivity contribution in [3.63, 3.8) is 0 Å². The molecular formula is C29H30FN7O4. The number of Topliss-reactive ketones (excluding diaryl/α,β-unsaturated/α-hetero) is 1. The Balaban J connectivity index is 1.39. The zero-order valence-electron chi connectivity index (χ0n) is 23.2. The van der Waals surface area contributed by atoms with Crippen LogP contribution in [0.1, 0.15) is 42.1 Å². The molecule has 1 N–H and O–H groups in total. The Morgan fingerprint density at radius 2 is 1.85 bits per heavy atom. The van der Waals surface area contributed by atoms with Gasteiger partial charge < -0.3 is 15.0 Å². The highest BCUT2D eigenvalue weighted by Crippen LogP contribution is 2.28. The number of hydrogen-bond donors (Lipinski definition) is 1. The number of carbonyl (C=O) groups is 3. The van der Waals surface area contributed by atoms with Crippen molar-refractivity contribution in [2.75, 3.05) is 18.5 Å². The van der Waals surface area contributed by atoms with Crippen LogP contribution in [0.3, 0.4) is 0 Å². The minimum Gasteiger partial charge on any atom is -0.478 e. The molecule has 12 heteroatoms. The summed E-state index contributed by atoms with van der Waals surface area (Å²) in [7, 11) is 0. The summed E-state index contributed by atoms with van der Waals surface area (Å²) in [4.78, 5) is 53.1. The Morgan fingerprint density at radius 1 is 1.10 bits per heavy atom. The molecule has 0 saturated carbocycles. The van der Waals surface area contributed by atoms with Crippen molar-refractivity contribution in [1.82, 2.24) is 29.6 Å². The van der Waals surface area contributed by atoms with Crippen molar-refractivity contribution in [1.29, 1.82) is 0 Å². The molecule has 5 rings (SSSR count). The molecular weight excluding hydrogens is 529 g/mol. The third-order valence-electron chi connectivity index (χ3n) is 6.96. The Morgan fingerprint density at radius 3 is 2.56 bits per heavy atom. The normalized spacial score (nSPS) is 16.7. The van der Waals surface area contributed by atoms with E-state index >= 15 is 0 Å². The molecule has 0 spiro atoms. The third-order valence-corrected chi connectivity index (χ3v) is 6.96. The number of rotatable bonds is 8. The van der Waals surface area contributed by atoms with E-state index in [0.717, 1.165) is 11.1 Å². The summed E-state index contributed by atoms with van der Waals surface area (Å²) < 4.78 is 21.4. The van der Waals surface area contributed by atoms with Gasteiger partial charge in [-0.3, -0.25) is 19.1 Å². The first kappa shape index (κ1) is 27.8. The highest BCUT2D eigenvalue weighted by Gasteiger charge is 2.40. The van der Waals surface area contributed by atoms with Gasteiger partial charge in [0.15, 0.2) is 5.78 Å². The molecule has 1 aliphatic rings. The summed E-state index contributed by atoms with van der Waals surface area (Å²) in [5, 5.41) is 7.71. The van der Waals surface area contributed by atoms with E-state index in [2.05, 4.69) is 25.4 Å². The molecule has 3 aromatic heterocycles. The fourth-order valence-electron chi connectivity index (χ4n) is 4.87. The fourth-order valence-corrected chi connectivity index (χ4v) is 4.87. The molecule has 0 bridgehead atoms. The number of aromatic nitrogens is 5. The lowest BCUT2D eigenvalue weighted by Gasteiger charge is -2.24. The van der Waals surface area contributed by atoms with Crippen LogP contribution in [0.5, 0.6) is 5.88 Å². The van der Waals surface area contributed by atoms with Crippen LogP contribution in [-0.2, 0) is 16.1 Å². The van der Waals surface area contributed by atoms with Crippen molar-refractivity contribution >= 4 is 34.3 Å². The molecule has 4 aromatic rings. The molecule has 4 heterocycles. The Labute approximate surface area is 235 Å². The number of amides is 2. The van der Waals surface area contributed by atoms with E-state index in [9.17, 15) is 18.8 Å². The predicted molar refractivity (Wildman–Crippen MR) is 149 cm³/mol. The zero-order valence-corrected chi connectivity index (χ0v) is 23.2. The van der Waals surface area contributed by atoms with E-state index in [1.54, 1.807) is 44.4 Å². The van der Waals surface area contributed by atoms with E-state index < -0.39 is 24.0 Å². The number of ether oxygens (including phenoxy) is 1. The van der Waals surface area contributed by atoms with E-state index in [4.69, 9.17) is 4.74 Å². The van der Waals surface area contributed by atoms with Crippen molar-refractivity contribution in [2.45, 2.75) is 52.9 Å². The van der Waals surface area contributed by atoms with Gasteiger partial charge in [0.2, 0.25) is 17.7 Å². The van der Waals surface area contributed by atoms with Crippen LogP contribution in [0.25, 0.3) is 22.0 Å². The summed E-state index contributed by atoms with van der Waals surface area (Å²) in [6.07, 6.45) is 1.89. The van der Waals surface area contributed by atoms with Crippen molar-refractivity contribution in [3.8, 4) is 17.0 Å². The number of anilines is 1. The largest absolute Gasteiger partial charge is 0.478 e. The van der Waals surface area contributed by atoms with Gasteiger partial charge in [-0.1, -0.05) is 12.1 Å².